The molecule has 2 heteroatoms. The zero-order valence-electron chi connectivity index (χ0n) is 15.1. The first-order valence-electron chi connectivity index (χ1n) is 9.11. The van der Waals surface area contributed by atoms with Crippen molar-refractivity contribution >= 4 is 21.8 Å². The SMILES string of the molecule is Cc1nc2ccc3ccccc3c2nc1-c1ccc(-c2ccccc2)cc1. The highest BCUT2D eigenvalue weighted by Gasteiger charge is 2.10. The van der Waals surface area contributed by atoms with Crippen LogP contribution in [0, 0.1) is 6.92 Å². The monoisotopic (exact) mass is 346 g/mol. The molecule has 2 nitrogen and oxygen atoms in total. The molecule has 0 aliphatic heterocycles. The lowest BCUT2D eigenvalue weighted by atomic mass is 10.0. The van der Waals surface area contributed by atoms with Crippen LogP contribution in [0.1, 0.15) is 5.69 Å². The van der Waals surface area contributed by atoms with Crippen LogP contribution >= 0.6 is 0 Å². The van der Waals surface area contributed by atoms with Crippen LogP contribution in [0.4, 0.5) is 0 Å². The third-order valence-electron chi connectivity index (χ3n) is 5.00. The van der Waals surface area contributed by atoms with Crippen LogP contribution in [0.5, 0.6) is 0 Å². The molecule has 5 rings (SSSR count). The van der Waals surface area contributed by atoms with Gasteiger partial charge in [0.25, 0.3) is 0 Å². The minimum atomic E-state index is 0.941. The second-order valence-corrected chi connectivity index (χ2v) is 6.76. The zero-order chi connectivity index (χ0) is 18.2. The van der Waals surface area contributed by atoms with Crippen LogP contribution in [0.2, 0.25) is 0 Å². The van der Waals surface area contributed by atoms with E-state index in [9.17, 15) is 0 Å². The van der Waals surface area contributed by atoms with Crippen LogP contribution in [0.25, 0.3) is 44.2 Å². The molecule has 0 fully saturated rings. The largest absolute Gasteiger partial charge is 0.249 e. The molecule has 27 heavy (non-hydrogen) atoms. The Balaban J connectivity index is 1.66. The highest BCUT2D eigenvalue weighted by Crippen LogP contribution is 2.29. The Morgan fingerprint density at radius 1 is 0.556 bits per heavy atom. The van der Waals surface area contributed by atoms with Crippen LogP contribution < -0.4 is 0 Å². The van der Waals surface area contributed by atoms with Gasteiger partial charge in [-0.15, -0.1) is 0 Å². The number of nitrogens with zero attached hydrogens (tertiary/aromatic N) is 2. The molecule has 0 bridgehead atoms. The number of hydrogen-bond acceptors (Lipinski definition) is 2. The maximum Gasteiger partial charge on any atom is 0.0972 e. The number of rotatable bonds is 2. The standard InChI is InChI=1S/C25H18N2/c1-17-24(21-13-11-19(12-14-21)18-7-3-2-4-8-18)27-25-22-10-6-5-9-20(22)15-16-23(25)26-17/h2-16H,1H3. The Morgan fingerprint density at radius 2 is 1.22 bits per heavy atom. The summed E-state index contributed by atoms with van der Waals surface area (Å²) in [7, 11) is 0. The summed E-state index contributed by atoms with van der Waals surface area (Å²) in [6.45, 7) is 2.03. The highest BCUT2D eigenvalue weighted by atomic mass is 14.8. The third kappa shape index (κ3) is 2.76. The van der Waals surface area contributed by atoms with Gasteiger partial charge in [0, 0.05) is 10.9 Å². The normalized spacial score (nSPS) is 11.1. The minimum Gasteiger partial charge on any atom is -0.249 e. The van der Waals surface area contributed by atoms with Gasteiger partial charge in [-0.3, -0.25) is 0 Å². The molecular weight excluding hydrogens is 328 g/mol. The summed E-state index contributed by atoms with van der Waals surface area (Å²) in [6, 6.07) is 31.5. The molecule has 0 saturated heterocycles. The smallest absolute Gasteiger partial charge is 0.0972 e. The minimum absolute atomic E-state index is 0.941. The van der Waals surface area contributed by atoms with Crippen molar-refractivity contribution in [3.63, 3.8) is 0 Å². The summed E-state index contributed by atoms with van der Waals surface area (Å²) in [5, 5.41) is 2.33. The summed E-state index contributed by atoms with van der Waals surface area (Å²) < 4.78 is 0. The van der Waals surface area contributed by atoms with Gasteiger partial charge in [-0.05, 0) is 29.5 Å². The first-order valence-corrected chi connectivity index (χ1v) is 9.11. The predicted octanol–water partition coefficient (Wildman–Crippen LogP) is 6.43. The van der Waals surface area contributed by atoms with Gasteiger partial charge in [-0.2, -0.15) is 0 Å². The number of benzene rings is 4. The molecule has 0 atom stereocenters. The van der Waals surface area contributed by atoms with Crippen molar-refractivity contribution < 1.29 is 0 Å². The van der Waals surface area contributed by atoms with E-state index >= 15 is 0 Å². The van der Waals surface area contributed by atoms with E-state index in [1.54, 1.807) is 0 Å². The van der Waals surface area contributed by atoms with Gasteiger partial charge in [0.15, 0.2) is 0 Å². The van der Waals surface area contributed by atoms with Crippen molar-refractivity contribution in [2.24, 2.45) is 0 Å². The second-order valence-electron chi connectivity index (χ2n) is 6.76. The average Bonchev–Trinajstić information content (AvgIpc) is 2.74. The van der Waals surface area contributed by atoms with E-state index in [1.807, 2.05) is 13.0 Å². The highest BCUT2D eigenvalue weighted by molar-refractivity contribution is 6.04. The maximum atomic E-state index is 5.01. The van der Waals surface area contributed by atoms with Gasteiger partial charge in [-0.1, -0.05) is 84.9 Å². The van der Waals surface area contributed by atoms with E-state index in [2.05, 4.69) is 84.9 Å². The number of aromatic nitrogens is 2. The summed E-state index contributed by atoms with van der Waals surface area (Å²) in [6.07, 6.45) is 0. The molecule has 0 amide bonds. The van der Waals surface area contributed by atoms with E-state index in [0.29, 0.717) is 0 Å². The lowest BCUT2D eigenvalue weighted by Gasteiger charge is -2.10. The Morgan fingerprint density at radius 3 is 2.04 bits per heavy atom. The van der Waals surface area contributed by atoms with E-state index < -0.39 is 0 Å². The molecular formula is C25H18N2. The summed E-state index contributed by atoms with van der Waals surface area (Å²) in [5.74, 6) is 0. The van der Waals surface area contributed by atoms with Gasteiger partial charge in [-0.25, -0.2) is 9.97 Å². The van der Waals surface area contributed by atoms with Crippen molar-refractivity contribution in [3.05, 3.63) is 96.7 Å². The predicted molar refractivity (Wildman–Crippen MR) is 113 cm³/mol. The first kappa shape index (κ1) is 15.7. The number of fused-ring (bicyclic) bond motifs is 3. The van der Waals surface area contributed by atoms with Crippen molar-refractivity contribution in [3.8, 4) is 22.4 Å². The Labute approximate surface area is 158 Å². The Bertz CT molecular complexity index is 1260. The molecule has 1 aromatic heterocycles. The van der Waals surface area contributed by atoms with Crippen LogP contribution in [0.15, 0.2) is 91.0 Å². The Hall–Kier alpha value is -3.52. The molecule has 4 aromatic carbocycles. The molecule has 0 N–H and O–H groups in total. The molecule has 5 aromatic rings. The third-order valence-corrected chi connectivity index (χ3v) is 5.00. The van der Waals surface area contributed by atoms with E-state index in [0.717, 1.165) is 33.4 Å². The van der Waals surface area contributed by atoms with E-state index in [1.165, 1.54) is 16.5 Å². The van der Waals surface area contributed by atoms with Crippen LogP contribution in [0.3, 0.4) is 0 Å². The zero-order valence-corrected chi connectivity index (χ0v) is 15.1. The topological polar surface area (TPSA) is 25.8 Å². The maximum absolute atomic E-state index is 5.01. The molecule has 0 spiro atoms. The van der Waals surface area contributed by atoms with Crippen LogP contribution in [-0.2, 0) is 0 Å². The molecule has 0 radical (unpaired) electrons. The fraction of sp³-hybridized carbons (Fsp3) is 0.0400. The van der Waals surface area contributed by atoms with Gasteiger partial charge < -0.3 is 0 Å². The summed E-state index contributed by atoms with van der Waals surface area (Å²) in [4.78, 5) is 9.83. The van der Waals surface area contributed by atoms with Crippen molar-refractivity contribution in [1.29, 1.82) is 0 Å². The van der Waals surface area contributed by atoms with Crippen molar-refractivity contribution in [2.45, 2.75) is 6.92 Å². The molecule has 0 saturated carbocycles. The van der Waals surface area contributed by atoms with E-state index in [-0.39, 0.29) is 0 Å². The molecule has 1 heterocycles. The molecule has 0 aliphatic rings. The van der Waals surface area contributed by atoms with Gasteiger partial charge in [0.1, 0.15) is 0 Å². The lowest BCUT2D eigenvalue weighted by molar-refractivity contribution is 1.19. The number of hydrogen-bond donors (Lipinski definition) is 0. The summed E-state index contributed by atoms with van der Waals surface area (Å²) in [5.41, 5.74) is 7.31. The fourth-order valence-corrected chi connectivity index (χ4v) is 3.60. The second kappa shape index (κ2) is 6.33. The molecule has 128 valence electrons. The fourth-order valence-electron chi connectivity index (χ4n) is 3.60. The van der Waals surface area contributed by atoms with Crippen LogP contribution in [-0.4, -0.2) is 9.97 Å². The van der Waals surface area contributed by atoms with Gasteiger partial charge in [0.2, 0.25) is 0 Å². The van der Waals surface area contributed by atoms with Crippen molar-refractivity contribution in [2.75, 3.05) is 0 Å². The first-order chi connectivity index (χ1) is 13.3. The molecule has 0 aliphatic carbocycles. The molecule has 0 unspecified atom stereocenters. The van der Waals surface area contributed by atoms with E-state index in [4.69, 9.17) is 9.97 Å². The Kier molecular flexibility index (Phi) is 3.68. The van der Waals surface area contributed by atoms with Gasteiger partial charge in [0.05, 0.1) is 22.4 Å². The summed E-state index contributed by atoms with van der Waals surface area (Å²) >= 11 is 0. The van der Waals surface area contributed by atoms with Gasteiger partial charge >= 0.3 is 0 Å². The quantitative estimate of drug-likeness (QED) is 0.344. The average molecular weight is 346 g/mol. The lowest BCUT2D eigenvalue weighted by Crippen LogP contribution is -1.95. The number of aryl methyl sites for hydroxylation is 1. The van der Waals surface area contributed by atoms with Crippen molar-refractivity contribution in [1.82, 2.24) is 9.97 Å².